The first-order valence-electron chi connectivity index (χ1n) is 7.78. The molecule has 1 amide bonds. The van der Waals surface area contributed by atoms with Crippen LogP contribution in [-0.2, 0) is 9.53 Å². The molecule has 0 aliphatic rings. The van der Waals surface area contributed by atoms with Crippen LogP contribution in [0.25, 0.3) is 0 Å². The van der Waals surface area contributed by atoms with Crippen LogP contribution in [0.3, 0.4) is 0 Å². The van der Waals surface area contributed by atoms with Gasteiger partial charge in [-0.15, -0.1) is 0 Å². The van der Waals surface area contributed by atoms with Crippen LogP contribution in [-0.4, -0.2) is 41.3 Å². The van der Waals surface area contributed by atoms with Crippen molar-refractivity contribution in [2.75, 3.05) is 13.2 Å². The Morgan fingerprint density at radius 3 is 2.35 bits per heavy atom. The van der Waals surface area contributed by atoms with Gasteiger partial charge in [0.05, 0.1) is 12.5 Å². The highest BCUT2D eigenvalue weighted by atomic mass is 35.5. The highest BCUT2D eigenvalue weighted by Gasteiger charge is 2.28. The van der Waals surface area contributed by atoms with Gasteiger partial charge in [0.15, 0.2) is 0 Å². The highest BCUT2D eigenvalue weighted by molar-refractivity contribution is 6.30. The van der Waals surface area contributed by atoms with Crippen molar-refractivity contribution in [1.82, 2.24) is 4.90 Å². The number of amides is 1. The Morgan fingerprint density at radius 1 is 1.26 bits per heavy atom. The number of nitrogens with zero attached hydrogens (tertiary/aromatic N) is 1. The number of aliphatic carboxylic acids is 1. The molecule has 1 rings (SSSR count). The fourth-order valence-corrected chi connectivity index (χ4v) is 2.23. The molecule has 128 valence electrons. The van der Waals surface area contributed by atoms with Gasteiger partial charge in [-0.05, 0) is 38.0 Å². The smallest absolute Gasteiger partial charge is 0.410 e. The van der Waals surface area contributed by atoms with E-state index in [4.69, 9.17) is 16.3 Å². The summed E-state index contributed by atoms with van der Waals surface area (Å²) in [5.41, 5.74) is 0.605. The molecule has 0 spiro atoms. The van der Waals surface area contributed by atoms with E-state index in [0.717, 1.165) is 12.8 Å². The predicted octanol–water partition coefficient (Wildman–Crippen LogP) is 4.16. The van der Waals surface area contributed by atoms with Crippen LogP contribution in [0.5, 0.6) is 0 Å². The molecule has 0 aliphatic carbocycles. The second-order valence-electron chi connectivity index (χ2n) is 5.66. The Bertz CT molecular complexity index is 516. The summed E-state index contributed by atoms with van der Waals surface area (Å²) in [5, 5.41) is 10.1. The van der Waals surface area contributed by atoms with Crippen LogP contribution in [0.4, 0.5) is 4.79 Å². The van der Waals surface area contributed by atoms with E-state index in [2.05, 4.69) is 0 Å². The molecule has 0 aromatic heterocycles. The molecule has 0 saturated carbocycles. The summed E-state index contributed by atoms with van der Waals surface area (Å²) in [6, 6.07) is 6.47. The fourth-order valence-electron chi connectivity index (χ4n) is 2.10. The van der Waals surface area contributed by atoms with Gasteiger partial charge in [0.1, 0.15) is 0 Å². The third-order valence-corrected chi connectivity index (χ3v) is 3.78. The maximum atomic E-state index is 12.2. The van der Waals surface area contributed by atoms with Crippen molar-refractivity contribution in [2.45, 2.75) is 45.6 Å². The number of rotatable bonds is 8. The van der Waals surface area contributed by atoms with Gasteiger partial charge in [0, 0.05) is 17.6 Å². The van der Waals surface area contributed by atoms with Crippen molar-refractivity contribution in [3.8, 4) is 0 Å². The molecule has 5 nitrogen and oxygen atoms in total. The van der Waals surface area contributed by atoms with Crippen molar-refractivity contribution < 1.29 is 19.4 Å². The van der Waals surface area contributed by atoms with E-state index in [9.17, 15) is 14.7 Å². The summed E-state index contributed by atoms with van der Waals surface area (Å²) < 4.78 is 5.21. The Kier molecular flexibility index (Phi) is 7.89. The van der Waals surface area contributed by atoms with Gasteiger partial charge in [-0.2, -0.15) is 0 Å². The van der Waals surface area contributed by atoms with Gasteiger partial charge in [-0.25, -0.2) is 4.79 Å². The lowest BCUT2D eigenvalue weighted by molar-refractivity contribution is -0.139. The van der Waals surface area contributed by atoms with E-state index in [0.29, 0.717) is 17.2 Å². The summed E-state index contributed by atoms with van der Waals surface area (Å²) in [7, 11) is 0. The summed E-state index contributed by atoms with van der Waals surface area (Å²) in [6.45, 7) is 6.08. The zero-order chi connectivity index (χ0) is 17.4. The van der Waals surface area contributed by atoms with Gasteiger partial charge in [0.2, 0.25) is 0 Å². The Morgan fingerprint density at radius 2 is 1.87 bits per heavy atom. The third-order valence-electron chi connectivity index (χ3n) is 3.53. The highest BCUT2D eigenvalue weighted by Crippen LogP contribution is 2.21. The van der Waals surface area contributed by atoms with Crippen LogP contribution < -0.4 is 0 Å². The molecule has 0 saturated heterocycles. The lowest BCUT2D eigenvalue weighted by Crippen LogP contribution is -2.41. The summed E-state index contributed by atoms with van der Waals surface area (Å²) >= 11 is 5.84. The van der Waals surface area contributed by atoms with Gasteiger partial charge in [-0.3, -0.25) is 4.79 Å². The average molecular weight is 342 g/mol. The number of hydrogen-bond donors (Lipinski definition) is 1. The van der Waals surface area contributed by atoms with Crippen LogP contribution in [0.15, 0.2) is 24.3 Å². The van der Waals surface area contributed by atoms with Crippen molar-refractivity contribution in [2.24, 2.45) is 0 Å². The van der Waals surface area contributed by atoms with Crippen LogP contribution in [0.2, 0.25) is 5.02 Å². The number of carbonyl (C=O) groups is 2. The Balaban J connectivity index is 2.87. The van der Waals surface area contributed by atoms with Crippen molar-refractivity contribution in [3.05, 3.63) is 34.9 Å². The number of hydrogen-bond acceptors (Lipinski definition) is 3. The molecule has 1 N–H and O–H groups in total. The zero-order valence-corrected chi connectivity index (χ0v) is 14.5. The average Bonchev–Trinajstić information content (AvgIpc) is 2.48. The summed E-state index contributed by atoms with van der Waals surface area (Å²) in [5.74, 6) is -1.81. The minimum Gasteiger partial charge on any atom is -0.481 e. The van der Waals surface area contributed by atoms with Gasteiger partial charge < -0.3 is 14.7 Å². The number of benzene rings is 1. The predicted molar refractivity (Wildman–Crippen MR) is 89.9 cm³/mol. The summed E-state index contributed by atoms with van der Waals surface area (Å²) in [6.07, 6.45) is 1.24. The molecular weight excluding hydrogens is 318 g/mol. The van der Waals surface area contributed by atoms with Crippen LogP contribution in [0, 0.1) is 0 Å². The number of halogens is 1. The molecule has 1 aromatic rings. The largest absolute Gasteiger partial charge is 0.481 e. The second kappa shape index (κ2) is 9.40. The first kappa shape index (κ1) is 19.3. The molecule has 1 aromatic carbocycles. The molecule has 0 fully saturated rings. The lowest BCUT2D eigenvalue weighted by atomic mass is 9.98. The van der Waals surface area contributed by atoms with Gasteiger partial charge in [0.25, 0.3) is 0 Å². The van der Waals surface area contributed by atoms with Crippen molar-refractivity contribution in [1.29, 1.82) is 0 Å². The molecule has 0 heterocycles. The van der Waals surface area contributed by atoms with E-state index in [1.54, 1.807) is 24.3 Å². The normalized spacial score (nSPS) is 12.0. The maximum absolute atomic E-state index is 12.2. The Labute approximate surface area is 142 Å². The lowest BCUT2D eigenvalue weighted by Gasteiger charge is -2.28. The number of carboxylic acid groups (broad SMARTS) is 1. The van der Waals surface area contributed by atoms with Gasteiger partial charge >= 0.3 is 12.1 Å². The monoisotopic (exact) mass is 341 g/mol. The third kappa shape index (κ3) is 6.10. The maximum Gasteiger partial charge on any atom is 0.410 e. The minimum absolute atomic E-state index is 0.0551. The molecular formula is C17H24ClNO4. The van der Waals surface area contributed by atoms with E-state index >= 15 is 0 Å². The van der Waals surface area contributed by atoms with E-state index < -0.39 is 18.0 Å². The molecule has 0 radical (unpaired) electrons. The second-order valence-corrected chi connectivity index (χ2v) is 6.09. The van der Waals surface area contributed by atoms with Crippen LogP contribution >= 0.6 is 11.6 Å². The molecule has 23 heavy (non-hydrogen) atoms. The number of ether oxygens (including phenoxy) is 1. The quantitative estimate of drug-likeness (QED) is 0.721. The van der Waals surface area contributed by atoms with E-state index in [1.807, 2.05) is 20.8 Å². The number of unbranched alkanes of at least 4 members (excludes halogenated alkanes) is 1. The minimum atomic E-state index is -0.987. The van der Waals surface area contributed by atoms with Gasteiger partial charge in [-0.1, -0.05) is 37.1 Å². The topological polar surface area (TPSA) is 66.8 Å². The SMILES string of the molecule is CCCCOC(=O)N(CC(C(=O)O)c1ccc(Cl)cc1)C(C)C. The molecule has 6 heteroatoms. The van der Waals surface area contributed by atoms with Crippen molar-refractivity contribution in [3.63, 3.8) is 0 Å². The number of carbonyl (C=O) groups excluding carboxylic acids is 1. The first-order chi connectivity index (χ1) is 10.9. The van der Waals surface area contributed by atoms with E-state index in [1.165, 1.54) is 4.90 Å². The fraction of sp³-hybridized carbons (Fsp3) is 0.529. The molecule has 1 atom stereocenters. The summed E-state index contributed by atoms with van der Waals surface area (Å²) in [4.78, 5) is 25.3. The molecule has 0 aliphatic heterocycles. The Hall–Kier alpha value is -1.75. The zero-order valence-electron chi connectivity index (χ0n) is 13.8. The van der Waals surface area contributed by atoms with E-state index in [-0.39, 0.29) is 12.6 Å². The van der Waals surface area contributed by atoms with Crippen LogP contribution in [0.1, 0.15) is 45.1 Å². The first-order valence-corrected chi connectivity index (χ1v) is 8.16. The molecule has 0 bridgehead atoms. The molecule has 1 unspecified atom stereocenters. The number of carboxylic acids is 1. The van der Waals surface area contributed by atoms with Crippen molar-refractivity contribution >= 4 is 23.7 Å². The standard InChI is InChI=1S/C17H24ClNO4/c1-4-5-10-23-17(22)19(12(2)3)11-15(16(20)21)13-6-8-14(18)9-7-13/h6-9,12,15H,4-5,10-11H2,1-3H3,(H,20,21).